The Morgan fingerprint density at radius 1 is 1.35 bits per heavy atom. The van der Waals surface area contributed by atoms with Crippen LogP contribution in [-0.2, 0) is 0 Å². The number of nitrogens with zero attached hydrogens (tertiary/aromatic N) is 2. The number of rotatable bonds is 8. The van der Waals surface area contributed by atoms with Crippen molar-refractivity contribution in [1.29, 1.82) is 0 Å². The van der Waals surface area contributed by atoms with Gasteiger partial charge in [-0.2, -0.15) is 4.98 Å². The van der Waals surface area contributed by atoms with Crippen molar-refractivity contribution < 1.29 is 4.74 Å². The fourth-order valence-corrected chi connectivity index (χ4v) is 1.91. The fraction of sp³-hybridized carbons (Fsp3) is 0.733. The molecule has 0 saturated heterocycles. The van der Waals surface area contributed by atoms with E-state index >= 15 is 0 Å². The molecule has 0 bridgehead atoms. The molecule has 0 radical (unpaired) electrons. The number of anilines is 1. The lowest BCUT2D eigenvalue weighted by molar-refractivity contribution is 0.232. The predicted molar refractivity (Wildman–Crippen MR) is 83.1 cm³/mol. The van der Waals surface area contributed by atoms with Crippen molar-refractivity contribution in [3.63, 3.8) is 0 Å². The minimum Gasteiger partial charge on any atom is -0.475 e. The molecule has 0 fully saturated rings. The van der Waals surface area contributed by atoms with E-state index in [0.717, 1.165) is 31.6 Å². The molecular formula is C15H28N4O. The molecular weight excluding hydrogens is 252 g/mol. The van der Waals surface area contributed by atoms with Gasteiger partial charge in [-0.15, -0.1) is 0 Å². The Hall–Kier alpha value is -1.36. The number of aryl methyl sites for hydroxylation is 1. The van der Waals surface area contributed by atoms with Gasteiger partial charge >= 0.3 is 0 Å². The molecule has 1 aromatic rings. The minimum absolute atomic E-state index is 0.109. The summed E-state index contributed by atoms with van der Waals surface area (Å²) in [6, 6.07) is 1.85. The standard InChI is InChI=1S/C15H28N4O/c1-11(2)20-13-9-12(3)18-14(19-13)17-10-15(4,5)7-6-8-16/h9,11H,6-8,10,16H2,1-5H3,(H,17,18,19). The smallest absolute Gasteiger partial charge is 0.226 e. The van der Waals surface area contributed by atoms with Crippen LogP contribution in [0.25, 0.3) is 0 Å². The van der Waals surface area contributed by atoms with Gasteiger partial charge in [-0.05, 0) is 45.6 Å². The van der Waals surface area contributed by atoms with Gasteiger partial charge in [-0.25, -0.2) is 4.98 Å². The lowest BCUT2D eigenvalue weighted by Gasteiger charge is -2.24. The Morgan fingerprint density at radius 3 is 2.65 bits per heavy atom. The highest BCUT2D eigenvalue weighted by Gasteiger charge is 2.17. The molecule has 20 heavy (non-hydrogen) atoms. The normalized spacial score (nSPS) is 11.8. The van der Waals surface area contributed by atoms with Gasteiger partial charge in [0.2, 0.25) is 11.8 Å². The van der Waals surface area contributed by atoms with Gasteiger partial charge in [-0.1, -0.05) is 13.8 Å². The molecule has 0 spiro atoms. The van der Waals surface area contributed by atoms with Gasteiger partial charge in [0, 0.05) is 18.3 Å². The highest BCUT2D eigenvalue weighted by molar-refractivity contribution is 5.30. The molecule has 0 aromatic carbocycles. The Morgan fingerprint density at radius 2 is 2.05 bits per heavy atom. The van der Waals surface area contributed by atoms with Crippen LogP contribution in [0.4, 0.5) is 5.95 Å². The lowest BCUT2D eigenvalue weighted by Crippen LogP contribution is -2.25. The van der Waals surface area contributed by atoms with Crippen LogP contribution in [0.3, 0.4) is 0 Å². The first-order chi connectivity index (χ1) is 9.32. The first kappa shape index (κ1) is 16.7. The van der Waals surface area contributed by atoms with E-state index in [1.165, 1.54) is 0 Å². The minimum atomic E-state index is 0.109. The number of aromatic nitrogens is 2. The summed E-state index contributed by atoms with van der Waals surface area (Å²) in [5, 5.41) is 3.31. The molecule has 3 N–H and O–H groups in total. The molecule has 114 valence electrons. The quantitative estimate of drug-likeness (QED) is 0.766. The van der Waals surface area contributed by atoms with E-state index in [1.54, 1.807) is 0 Å². The van der Waals surface area contributed by atoms with Crippen molar-refractivity contribution >= 4 is 5.95 Å². The summed E-state index contributed by atoms with van der Waals surface area (Å²) >= 11 is 0. The fourth-order valence-electron chi connectivity index (χ4n) is 1.91. The number of nitrogens with two attached hydrogens (primary N) is 1. The second-order valence-electron chi connectivity index (χ2n) is 6.25. The average Bonchev–Trinajstić information content (AvgIpc) is 2.33. The molecule has 5 nitrogen and oxygen atoms in total. The first-order valence-corrected chi connectivity index (χ1v) is 7.29. The number of hydrogen-bond donors (Lipinski definition) is 2. The number of nitrogens with one attached hydrogen (secondary N) is 1. The van der Waals surface area contributed by atoms with E-state index < -0.39 is 0 Å². The van der Waals surface area contributed by atoms with Gasteiger partial charge in [0.05, 0.1) is 6.10 Å². The van der Waals surface area contributed by atoms with Crippen LogP contribution < -0.4 is 15.8 Å². The second kappa shape index (κ2) is 7.43. The Balaban J connectivity index is 2.65. The van der Waals surface area contributed by atoms with Crippen molar-refractivity contribution in [3.8, 4) is 5.88 Å². The molecule has 0 aliphatic heterocycles. The summed E-state index contributed by atoms with van der Waals surface area (Å²) < 4.78 is 5.62. The summed E-state index contributed by atoms with van der Waals surface area (Å²) in [4.78, 5) is 8.79. The molecule has 5 heteroatoms. The third-order valence-electron chi connectivity index (χ3n) is 2.97. The number of ether oxygens (including phenoxy) is 1. The van der Waals surface area contributed by atoms with Crippen molar-refractivity contribution in [2.75, 3.05) is 18.4 Å². The van der Waals surface area contributed by atoms with Crippen LogP contribution in [0.1, 0.15) is 46.2 Å². The lowest BCUT2D eigenvalue weighted by atomic mass is 9.88. The Labute approximate surface area is 122 Å². The van der Waals surface area contributed by atoms with Crippen LogP contribution in [-0.4, -0.2) is 29.2 Å². The van der Waals surface area contributed by atoms with Crippen LogP contribution in [0, 0.1) is 12.3 Å². The molecule has 1 heterocycles. The molecule has 1 aromatic heterocycles. The predicted octanol–water partition coefficient (Wildman–Crippen LogP) is 2.75. The van der Waals surface area contributed by atoms with Gasteiger partial charge in [0.25, 0.3) is 0 Å². The highest BCUT2D eigenvalue weighted by Crippen LogP contribution is 2.22. The van der Waals surface area contributed by atoms with E-state index in [9.17, 15) is 0 Å². The maximum atomic E-state index is 5.62. The number of hydrogen-bond acceptors (Lipinski definition) is 5. The van der Waals surface area contributed by atoms with Gasteiger partial charge in [0.15, 0.2) is 0 Å². The Kier molecular flexibility index (Phi) is 6.20. The van der Waals surface area contributed by atoms with Crippen molar-refractivity contribution in [3.05, 3.63) is 11.8 Å². The highest BCUT2D eigenvalue weighted by atomic mass is 16.5. The van der Waals surface area contributed by atoms with Crippen molar-refractivity contribution in [2.45, 2.75) is 53.6 Å². The summed E-state index contributed by atoms with van der Waals surface area (Å²) in [6.45, 7) is 11.9. The second-order valence-corrected chi connectivity index (χ2v) is 6.25. The van der Waals surface area contributed by atoms with Crippen LogP contribution in [0.5, 0.6) is 5.88 Å². The monoisotopic (exact) mass is 280 g/mol. The Bertz CT molecular complexity index is 418. The molecule has 0 atom stereocenters. The van der Waals surface area contributed by atoms with Gasteiger partial charge in [-0.3, -0.25) is 0 Å². The van der Waals surface area contributed by atoms with Gasteiger partial charge < -0.3 is 15.8 Å². The van der Waals surface area contributed by atoms with E-state index in [-0.39, 0.29) is 11.5 Å². The molecule has 0 saturated carbocycles. The maximum absolute atomic E-state index is 5.62. The molecule has 1 rings (SSSR count). The average molecular weight is 280 g/mol. The topological polar surface area (TPSA) is 73.1 Å². The molecule has 0 aliphatic rings. The molecule has 0 amide bonds. The molecule has 0 aliphatic carbocycles. The van der Waals surface area contributed by atoms with E-state index in [1.807, 2.05) is 26.8 Å². The summed E-state index contributed by atoms with van der Waals surface area (Å²) in [7, 11) is 0. The molecule has 0 unspecified atom stereocenters. The largest absolute Gasteiger partial charge is 0.475 e. The maximum Gasteiger partial charge on any atom is 0.226 e. The van der Waals surface area contributed by atoms with E-state index in [0.29, 0.717) is 11.8 Å². The van der Waals surface area contributed by atoms with E-state index in [2.05, 4.69) is 29.1 Å². The zero-order valence-electron chi connectivity index (χ0n) is 13.4. The SMILES string of the molecule is Cc1cc(OC(C)C)nc(NCC(C)(C)CCCN)n1. The van der Waals surface area contributed by atoms with Crippen molar-refractivity contribution in [2.24, 2.45) is 11.1 Å². The van der Waals surface area contributed by atoms with Crippen molar-refractivity contribution in [1.82, 2.24) is 9.97 Å². The first-order valence-electron chi connectivity index (χ1n) is 7.29. The zero-order chi connectivity index (χ0) is 15.2. The summed E-state index contributed by atoms with van der Waals surface area (Å²) in [5.74, 6) is 1.25. The summed E-state index contributed by atoms with van der Waals surface area (Å²) in [5.41, 5.74) is 6.64. The van der Waals surface area contributed by atoms with E-state index in [4.69, 9.17) is 10.5 Å². The summed E-state index contributed by atoms with van der Waals surface area (Å²) in [6.07, 6.45) is 2.22. The third kappa shape index (κ3) is 6.19. The van der Waals surface area contributed by atoms with Crippen LogP contribution in [0.15, 0.2) is 6.07 Å². The zero-order valence-corrected chi connectivity index (χ0v) is 13.4. The van der Waals surface area contributed by atoms with Crippen LogP contribution >= 0.6 is 0 Å². The third-order valence-corrected chi connectivity index (χ3v) is 2.97. The van der Waals surface area contributed by atoms with Gasteiger partial charge in [0.1, 0.15) is 0 Å². The van der Waals surface area contributed by atoms with Crippen LogP contribution in [0.2, 0.25) is 0 Å².